The average Bonchev–Trinajstić information content (AvgIpc) is 3.28. The van der Waals surface area contributed by atoms with Crippen LogP contribution in [0.15, 0.2) is 6.07 Å². The van der Waals surface area contributed by atoms with E-state index >= 15 is 0 Å². The third kappa shape index (κ3) is 3.03. The van der Waals surface area contributed by atoms with Crippen molar-refractivity contribution in [2.75, 3.05) is 26.2 Å². The molecular formula is C16H16N4O3S2. The zero-order valence-electron chi connectivity index (χ0n) is 13.4. The van der Waals surface area contributed by atoms with E-state index in [0.29, 0.717) is 11.4 Å². The smallest absolute Gasteiger partial charge is 0.261 e. The second-order valence-corrected chi connectivity index (χ2v) is 7.71. The number of likely N-dealkylation sites (tertiary alicyclic amines) is 1. The zero-order valence-corrected chi connectivity index (χ0v) is 15.0. The Morgan fingerprint density at radius 1 is 1.12 bits per heavy atom. The first-order valence-electron chi connectivity index (χ1n) is 8.21. The first-order valence-corrected chi connectivity index (χ1v) is 9.76. The van der Waals surface area contributed by atoms with Crippen molar-refractivity contribution in [1.82, 2.24) is 19.0 Å². The van der Waals surface area contributed by atoms with Gasteiger partial charge in [0, 0.05) is 18.7 Å². The molecule has 2 aliphatic rings. The molecule has 0 bridgehead atoms. The fourth-order valence-electron chi connectivity index (χ4n) is 3.16. The van der Waals surface area contributed by atoms with Crippen LogP contribution in [0.4, 0.5) is 0 Å². The molecule has 0 unspecified atom stereocenters. The van der Waals surface area contributed by atoms with Crippen molar-refractivity contribution in [3.63, 3.8) is 0 Å². The number of ketones is 2. The van der Waals surface area contributed by atoms with E-state index in [1.54, 1.807) is 0 Å². The molecule has 0 aromatic carbocycles. The number of fused-ring (bicyclic) bond motifs is 2. The zero-order chi connectivity index (χ0) is 17.4. The van der Waals surface area contributed by atoms with Gasteiger partial charge in [0.15, 0.2) is 11.4 Å². The molecule has 7 nitrogen and oxygen atoms in total. The summed E-state index contributed by atoms with van der Waals surface area (Å²) in [5.74, 6) is -0.905. The van der Waals surface area contributed by atoms with Crippen molar-refractivity contribution in [2.24, 2.45) is 0 Å². The third-order valence-corrected chi connectivity index (χ3v) is 6.15. The molecule has 1 amide bonds. The highest BCUT2D eigenvalue weighted by Gasteiger charge is 2.36. The number of carbonyl (C=O) groups is 3. The maximum absolute atomic E-state index is 12.4. The van der Waals surface area contributed by atoms with Gasteiger partial charge in [-0.05, 0) is 32.0 Å². The van der Waals surface area contributed by atoms with E-state index < -0.39 is 0 Å². The van der Waals surface area contributed by atoms with Gasteiger partial charge in [-0.25, -0.2) is 0 Å². The highest BCUT2D eigenvalue weighted by atomic mass is 32.1. The molecule has 0 atom stereocenters. The third-order valence-electron chi connectivity index (χ3n) is 4.49. The van der Waals surface area contributed by atoms with Crippen LogP contribution in [-0.4, -0.2) is 57.3 Å². The summed E-state index contributed by atoms with van der Waals surface area (Å²) in [6, 6.07) is 1.50. The Kier molecular flexibility index (Phi) is 4.45. The summed E-state index contributed by atoms with van der Waals surface area (Å²) in [6.07, 6.45) is 3.70. The fraction of sp³-hybridized carbons (Fsp3) is 0.438. The SMILES string of the molecule is O=C(NCCN1CCCCC1)c1cc2c(s1)C(=O)c1nsnc1C2=O. The number of aromatic nitrogens is 2. The fourth-order valence-corrected chi connectivity index (χ4v) is 4.71. The number of nitrogens with one attached hydrogen (secondary N) is 1. The lowest BCUT2D eigenvalue weighted by molar-refractivity contribution is 0.0950. The maximum atomic E-state index is 12.4. The van der Waals surface area contributed by atoms with Gasteiger partial charge in [0.2, 0.25) is 11.6 Å². The van der Waals surface area contributed by atoms with Gasteiger partial charge in [0.25, 0.3) is 5.91 Å². The molecule has 9 heteroatoms. The van der Waals surface area contributed by atoms with E-state index in [0.717, 1.165) is 42.7 Å². The lowest BCUT2D eigenvalue weighted by atomic mass is 9.97. The Hall–Kier alpha value is -1.97. The van der Waals surface area contributed by atoms with Crippen LogP contribution in [0.5, 0.6) is 0 Å². The molecule has 4 rings (SSSR count). The summed E-state index contributed by atoms with van der Waals surface area (Å²) >= 11 is 1.90. The van der Waals surface area contributed by atoms with E-state index in [1.807, 2.05) is 0 Å². The molecule has 1 aliphatic heterocycles. The summed E-state index contributed by atoms with van der Waals surface area (Å²) in [4.78, 5) is 40.1. The normalized spacial score (nSPS) is 17.3. The minimum atomic E-state index is -0.332. The molecule has 2 aromatic rings. The van der Waals surface area contributed by atoms with Crippen molar-refractivity contribution in [3.8, 4) is 0 Å². The van der Waals surface area contributed by atoms with Gasteiger partial charge in [0.1, 0.15) is 0 Å². The summed E-state index contributed by atoms with van der Waals surface area (Å²) in [6.45, 7) is 3.53. The summed E-state index contributed by atoms with van der Waals surface area (Å²) in [7, 11) is 0. The summed E-state index contributed by atoms with van der Waals surface area (Å²) in [5.41, 5.74) is 0.454. The monoisotopic (exact) mass is 376 g/mol. The van der Waals surface area contributed by atoms with Crippen LogP contribution in [0, 0.1) is 0 Å². The molecule has 1 saturated heterocycles. The van der Waals surface area contributed by atoms with Gasteiger partial charge in [-0.1, -0.05) is 6.42 Å². The predicted molar refractivity (Wildman–Crippen MR) is 93.7 cm³/mol. The highest BCUT2D eigenvalue weighted by molar-refractivity contribution is 7.16. The second-order valence-electron chi connectivity index (χ2n) is 6.13. The Morgan fingerprint density at radius 3 is 2.60 bits per heavy atom. The largest absolute Gasteiger partial charge is 0.350 e. The van der Waals surface area contributed by atoms with Crippen molar-refractivity contribution in [3.05, 3.63) is 32.8 Å². The van der Waals surface area contributed by atoms with Gasteiger partial charge < -0.3 is 10.2 Å². The quantitative estimate of drug-likeness (QED) is 0.743. The molecule has 0 saturated carbocycles. The molecular weight excluding hydrogens is 360 g/mol. The van der Waals surface area contributed by atoms with Gasteiger partial charge in [-0.2, -0.15) is 8.75 Å². The molecule has 1 aliphatic carbocycles. The maximum Gasteiger partial charge on any atom is 0.261 e. The van der Waals surface area contributed by atoms with Crippen LogP contribution in [-0.2, 0) is 0 Å². The molecule has 130 valence electrons. The van der Waals surface area contributed by atoms with E-state index in [4.69, 9.17) is 0 Å². The predicted octanol–water partition coefficient (Wildman–Crippen LogP) is 1.59. The van der Waals surface area contributed by atoms with E-state index in [-0.39, 0.29) is 39.3 Å². The van der Waals surface area contributed by atoms with E-state index in [2.05, 4.69) is 19.0 Å². The number of carbonyl (C=O) groups excluding carboxylic acids is 3. The first kappa shape index (κ1) is 16.5. The Labute approximate surface area is 152 Å². The van der Waals surface area contributed by atoms with Crippen molar-refractivity contribution < 1.29 is 14.4 Å². The number of rotatable bonds is 4. The Morgan fingerprint density at radius 2 is 1.84 bits per heavy atom. The molecule has 2 aromatic heterocycles. The van der Waals surface area contributed by atoms with Gasteiger partial charge in [0.05, 0.1) is 21.5 Å². The molecule has 0 spiro atoms. The van der Waals surface area contributed by atoms with Crippen LogP contribution in [0.1, 0.15) is 60.4 Å². The highest BCUT2D eigenvalue weighted by Crippen LogP contribution is 2.32. The van der Waals surface area contributed by atoms with Gasteiger partial charge >= 0.3 is 0 Å². The summed E-state index contributed by atoms with van der Waals surface area (Å²) < 4.78 is 7.80. The van der Waals surface area contributed by atoms with Gasteiger partial charge in [-0.15, -0.1) is 11.3 Å². The Balaban J connectivity index is 1.44. The lowest BCUT2D eigenvalue weighted by Crippen LogP contribution is -2.37. The minimum absolute atomic E-state index is 0.0948. The molecule has 1 fully saturated rings. The molecule has 3 heterocycles. The lowest BCUT2D eigenvalue weighted by Gasteiger charge is -2.26. The second kappa shape index (κ2) is 6.74. The van der Waals surface area contributed by atoms with Gasteiger partial charge in [-0.3, -0.25) is 14.4 Å². The van der Waals surface area contributed by atoms with Crippen molar-refractivity contribution in [2.45, 2.75) is 19.3 Å². The van der Waals surface area contributed by atoms with Crippen LogP contribution in [0.25, 0.3) is 0 Å². The van der Waals surface area contributed by atoms with Crippen LogP contribution in [0.3, 0.4) is 0 Å². The van der Waals surface area contributed by atoms with Crippen LogP contribution in [0.2, 0.25) is 0 Å². The molecule has 25 heavy (non-hydrogen) atoms. The first-order chi connectivity index (χ1) is 12.1. The van der Waals surface area contributed by atoms with E-state index in [9.17, 15) is 14.4 Å². The molecule has 1 N–H and O–H groups in total. The van der Waals surface area contributed by atoms with E-state index in [1.165, 1.54) is 25.3 Å². The van der Waals surface area contributed by atoms with Crippen molar-refractivity contribution >= 4 is 40.5 Å². The topological polar surface area (TPSA) is 92.3 Å². The standard InChI is InChI=1S/C16H16N4O3S2/c21-13-9-8-10(16(23)17-4-7-20-5-2-1-3-6-20)24-15(9)14(22)12-11(13)18-25-19-12/h8H,1-7H2,(H,17,23). The number of amides is 1. The average molecular weight is 376 g/mol. The van der Waals surface area contributed by atoms with Crippen LogP contribution < -0.4 is 5.32 Å². The van der Waals surface area contributed by atoms with Crippen molar-refractivity contribution in [1.29, 1.82) is 0 Å². The number of thiophene rings is 1. The Bertz CT molecular complexity index is 803. The summed E-state index contributed by atoms with van der Waals surface area (Å²) in [5, 5.41) is 2.88. The number of hydrogen-bond donors (Lipinski definition) is 1. The minimum Gasteiger partial charge on any atom is -0.350 e. The number of hydrogen-bond acceptors (Lipinski definition) is 8. The molecule has 0 radical (unpaired) electrons. The van der Waals surface area contributed by atoms with Crippen LogP contribution >= 0.6 is 23.1 Å². The number of nitrogens with zero attached hydrogens (tertiary/aromatic N) is 3. The number of piperidine rings is 1.